The standard InChI is InChI=1S/C17H16O/c1-2-8-16-17(13-9-4-3-5-10-13)14-11-6-7-12-15(14)18-16/h2-7,9-12,16-17H,1,8H2. The first-order valence-electron chi connectivity index (χ1n) is 6.31. The number of ether oxygens (including phenoxy) is 1. The topological polar surface area (TPSA) is 9.23 Å². The van der Waals surface area contributed by atoms with E-state index in [1.165, 1.54) is 11.1 Å². The number of hydrogen-bond donors (Lipinski definition) is 0. The second kappa shape index (κ2) is 4.69. The zero-order chi connectivity index (χ0) is 12.4. The molecule has 18 heavy (non-hydrogen) atoms. The highest BCUT2D eigenvalue weighted by atomic mass is 16.5. The van der Waals surface area contributed by atoms with Gasteiger partial charge in [0.05, 0.1) is 0 Å². The summed E-state index contributed by atoms with van der Waals surface area (Å²) in [5.74, 6) is 1.33. The number of rotatable bonds is 3. The van der Waals surface area contributed by atoms with Crippen LogP contribution in [0.2, 0.25) is 0 Å². The van der Waals surface area contributed by atoms with Crippen molar-refractivity contribution in [1.82, 2.24) is 0 Å². The van der Waals surface area contributed by atoms with Crippen LogP contribution in [0.5, 0.6) is 5.75 Å². The fourth-order valence-electron chi connectivity index (χ4n) is 2.68. The summed E-state index contributed by atoms with van der Waals surface area (Å²) in [5, 5.41) is 0. The van der Waals surface area contributed by atoms with Gasteiger partial charge in [0.15, 0.2) is 0 Å². The van der Waals surface area contributed by atoms with E-state index in [4.69, 9.17) is 4.74 Å². The molecule has 2 aromatic rings. The van der Waals surface area contributed by atoms with Crippen LogP contribution in [0.4, 0.5) is 0 Å². The molecule has 1 aliphatic heterocycles. The first-order valence-corrected chi connectivity index (χ1v) is 6.31. The van der Waals surface area contributed by atoms with Crippen LogP contribution in [-0.4, -0.2) is 6.10 Å². The van der Waals surface area contributed by atoms with Gasteiger partial charge in [0.2, 0.25) is 0 Å². The molecule has 0 saturated heterocycles. The Morgan fingerprint density at radius 3 is 2.50 bits per heavy atom. The predicted octanol–water partition coefficient (Wildman–Crippen LogP) is 4.16. The van der Waals surface area contributed by atoms with E-state index >= 15 is 0 Å². The molecule has 0 fully saturated rings. The molecule has 0 spiro atoms. The van der Waals surface area contributed by atoms with Crippen molar-refractivity contribution >= 4 is 0 Å². The van der Waals surface area contributed by atoms with Gasteiger partial charge in [-0.15, -0.1) is 6.58 Å². The summed E-state index contributed by atoms with van der Waals surface area (Å²) in [6, 6.07) is 18.9. The van der Waals surface area contributed by atoms with Crippen LogP contribution in [0, 0.1) is 0 Å². The van der Waals surface area contributed by atoms with E-state index in [1.54, 1.807) is 0 Å². The lowest BCUT2D eigenvalue weighted by Crippen LogP contribution is -2.18. The third kappa shape index (κ3) is 1.82. The maximum atomic E-state index is 6.04. The Bertz CT molecular complexity index is 545. The van der Waals surface area contributed by atoms with Crippen molar-refractivity contribution in [2.45, 2.75) is 18.4 Å². The third-order valence-electron chi connectivity index (χ3n) is 3.46. The van der Waals surface area contributed by atoms with Crippen LogP contribution >= 0.6 is 0 Å². The maximum absolute atomic E-state index is 6.04. The number of benzene rings is 2. The van der Waals surface area contributed by atoms with E-state index in [2.05, 4.69) is 43.0 Å². The third-order valence-corrected chi connectivity index (χ3v) is 3.46. The molecule has 0 amide bonds. The highest BCUT2D eigenvalue weighted by molar-refractivity contribution is 5.47. The molecule has 0 aliphatic carbocycles. The minimum absolute atomic E-state index is 0.169. The molecule has 0 aromatic heterocycles. The molecule has 2 unspecified atom stereocenters. The van der Waals surface area contributed by atoms with E-state index in [0.717, 1.165) is 12.2 Å². The largest absolute Gasteiger partial charge is 0.489 e. The van der Waals surface area contributed by atoms with Crippen molar-refractivity contribution in [2.75, 3.05) is 0 Å². The molecule has 0 saturated carbocycles. The number of para-hydroxylation sites is 1. The number of hydrogen-bond acceptors (Lipinski definition) is 1. The molecule has 1 heterocycles. The molecule has 0 radical (unpaired) electrons. The van der Waals surface area contributed by atoms with Crippen LogP contribution in [0.25, 0.3) is 0 Å². The minimum Gasteiger partial charge on any atom is -0.489 e. The predicted molar refractivity (Wildman–Crippen MR) is 74.0 cm³/mol. The average molecular weight is 236 g/mol. The molecule has 1 heteroatoms. The molecule has 1 aliphatic rings. The molecule has 2 atom stereocenters. The highest BCUT2D eigenvalue weighted by Crippen LogP contribution is 2.43. The van der Waals surface area contributed by atoms with E-state index in [-0.39, 0.29) is 6.10 Å². The molecular formula is C17H16O. The van der Waals surface area contributed by atoms with Crippen LogP contribution in [-0.2, 0) is 0 Å². The molecule has 3 rings (SSSR count). The average Bonchev–Trinajstić information content (AvgIpc) is 2.78. The zero-order valence-corrected chi connectivity index (χ0v) is 10.3. The van der Waals surface area contributed by atoms with Crippen LogP contribution in [0.15, 0.2) is 67.3 Å². The fourth-order valence-corrected chi connectivity index (χ4v) is 2.68. The highest BCUT2D eigenvalue weighted by Gasteiger charge is 2.34. The zero-order valence-electron chi connectivity index (χ0n) is 10.3. The Morgan fingerprint density at radius 2 is 1.72 bits per heavy atom. The second-order valence-corrected chi connectivity index (χ2v) is 4.61. The summed E-state index contributed by atoms with van der Waals surface area (Å²) < 4.78 is 6.04. The van der Waals surface area contributed by atoms with Crippen LogP contribution < -0.4 is 4.74 Å². The molecule has 90 valence electrons. The van der Waals surface area contributed by atoms with Gasteiger partial charge in [-0.1, -0.05) is 54.6 Å². The van der Waals surface area contributed by atoms with Gasteiger partial charge in [-0.2, -0.15) is 0 Å². The van der Waals surface area contributed by atoms with Crippen LogP contribution in [0.1, 0.15) is 23.5 Å². The van der Waals surface area contributed by atoms with Gasteiger partial charge in [-0.3, -0.25) is 0 Å². The molecule has 0 N–H and O–H groups in total. The van der Waals surface area contributed by atoms with Crippen LogP contribution in [0.3, 0.4) is 0 Å². The SMILES string of the molecule is C=CCC1Oc2ccccc2C1c1ccccc1. The van der Waals surface area contributed by atoms with Crippen molar-refractivity contribution in [3.63, 3.8) is 0 Å². The maximum Gasteiger partial charge on any atom is 0.123 e. The molecule has 2 aromatic carbocycles. The van der Waals surface area contributed by atoms with Gasteiger partial charge in [-0.05, 0) is 11.6 Å². The van der Waals surface area contributed by atoms with E-state index in [0.29, 0.717) is 5.92 Å². The van der Waals surface area contributed by atoms with Gasteiger partial charge in [0, 0.05) is 17.9 Å². The molecule has 1 nitrogen and oxygen atoms in total. The summed E-state index contributed by atoms with van der Waals surface area (Å²) in [5.41, 5.74) is 2.60. The fraction of sp³-hybridized carbons (Fsp3) is 0.176. The second-order valence-electron chi connectivity index (χ2n) is 4.61. The lowest BCUT2D eigenvalue weighted by Gasteiger charge is -2.18. The summed E-state index contributed by atoms with van der Waals surface area (Å²) >= 11 is 0. The lowest BCUT2D eigenvalue weighted by atomic mass is 9.87. The Hall–Kier alpha value is -2.02. The Kier molecular flexibility index (Phi) is 2.89. The van der Waals surface area contributed by atoms with Gasteiger partial charge in [0.25, 0.3) is 0 Å². The minimum atomic E-state index is 0.169. The smallest absolute Gasteiger partial charge is 0.123 e. The first-order chi connectivity index (χ1) is 8.90. The van der Waals surface area contributed by atoms with Crippen molar-refractivity contribution in [3.8, 4) is 5.75 Å². The van der Waals surface area contributed by atoms with E-state index in [9.17, 15) is 0 Å². The number of fused-ring (bicyclic) bond motifs is 1. The normalized spacial score (nSPS) is 21.1. The Morgan fingerprint density at radius 1 is 1.00 bits per heavy atom. The summed E-state index contributed by atoms with van der Waals surface area (Å²) in [6.07, 6.45) is 2.98. The van der Waals surface area contributed by atoms with Crippen molar-refractivity contribution < 1.29 is 4.74 Å². The van der Waals surface area contributed by atoms with E-state index in [1.807, 2.05) is 24.3 Å². The molecular weight excluding hydrogens is 220 g/mol. The quantitative estimate of drug-likeness (QED) is 0.727. The van der Waals surface area contributed by atoms with Crippen molar-refractivity contribution in [1.29, 1.82) is 0 Å². The molecule has 0 bridgehead atoms. The van der Waals surface area contributed by atoms with Crippen molar-refractivity contribution in [3.05, 3.63) is 78.4 Å². The Labute approximate surface area is 108 Å². The lowest BCUT2D eigenvalue weighted by molar-refractivity contribution is 0.221. The van der Waals surface area contributed by atoms with E-state index < -0.39 is 0 Å². The van der Waals surface area contributed by atoms with Gasteiger partial charge >= 0.3 is 0 Å². The summed E-state index contributed by atoms with van der Waals surface area (Å²) in [6.45, 7) is 3.84. The monoisotopic (exact) mass is 236 g/mol. The van der Waals surface area contributed by atoms with Gasteiger partial charge < -0.3 is 4.74 Å². The van der Waals surface area contributed by atoms with Gasteiger partial charge in [0.1, 0.15) is 11.9 Å². The van der Waals surface area contributed by atoms with Gasteiger partial charge in [-0.25, -0.2) is 0 Å². The summed E-state index contributed by atoms with van der Waals surface area (Å²) in [7, 11) is 0. The van der Waals surface area contributed by atoms with Crippen molar-refractivity contribution in [2.24, 2.45) is 0 Å². The summed E-state index contributed by atoms with van der Waals surface area (Å²) in [4.78, 5) is 0. The Balaban J connectivity index is 2.05. The first kappa shape index (κ1) is 11.1.